The maximum atomic E-state index is 12.1. The topological polar surface area (TPSA) is 143 Å². The van der Waals surface area contributed by atoms with E-state index in [4.69, 9.17) is 11.0 Å². The van der Waals surface area contributed by atoms with Crippen LogP contribution in [0.1, 0.15) is 21.6 Å². The number of ketones is 1. The van der Waals surface area contributed by atoms with Gasteiger partial charge in [-0.15, -0.1) is 0 Å². The fourth-order valence-corrected chi connectivity index (χ4v) is 1.81. The lowest BCUT2D eigenvalue weighted by molar-refractivity contribution is -0.384. The van der Waals surface area contributed by atoms with Crippen molar-refractivity contribution < 1.29 is 14.8 Å². The second-order valence-corrected chi connectivity index (χ2v) is 4.44. The number of nitriles is 1. The lowest BCUT2D eigenvalue weighted by Gasteiger charge is -2.04. The first-order valence-electron chi connectivity index (χ1n) is 6.28. The highest BCUT2D eigenvalue weighted by atomic mass is 16.6. The van der Waals surface area contributed by atoms with Gasteiger partial charge in [0, 0.05) is 6.20 Å². The van der Waals surface area contributed by atoms with Crippen molar-refractivity contribution in [1.29, 1.82) is 5.26 Å². The molecule has 2 rings (SSSR count). The number of hydrogen-bond acceptors (Lipinski definition) is 7. The number of aromatic hydroxyl groups is 1. The SMILES string of the molecule is N#Cc1ccc(C=CC(=O)c2ccc(N)c([N+](=O)[O-])c2O)nc1. The van der Waals surface area contributed by atoms with Crippen molar-refractivity contribution in [2.75, 3.05) is 5.73 Å². The highest BCUT2D eigenvalue weighted by molar-refractivity contribution is 6.09. The number of nitrogens with zero attached hydrogens (tertiary/aromatic N) is 3. The van der Waals surface area contributed by atoms with Crippen molar-refractivity contribution in [3.8, 4) is 11.8 Å². The Balaban J connectivity index is 2.30. The van der Waals surface area contributed by atoms with Crippen molar-refractivity contribution in [2.24, 2.45) is 0 Å². The smallest absolute Gasteiger partial charge is 0.334 e. The van der Waals surface area contributed by atoms with E-state index < -0.39 is 22.1 Å². The number of pyridine rings is 1. The Morgan fingerprint density at radius 1 is 1.39 bits per heavy atom. The molecule has 1 aromatic carbocycles. The molecular weight excluding hydrogens is 300 g/mol. The number of carbonyl (C=O) groups is 1. The van der Waals surface area contributed by atoms with E-state index in [1.807, 2.05) is 6.07 Å². The number of aromatic nitrogens is 1. The fourth-order valence-electron chi connectivity index (χ4n) is 1.81. The minimum absolute atomic E-state index is 0.234. The van der Waals surface area contributed by atoms with Gasteiger partial charge in [0.05, 0.1) is 21.7 Å². The maximum absolute atomic E-state index is 12.1. The first-order chi connectivity index (χ1) is 10.9. The van der Waals surface area contributed by atoms with Crippen LogP contribution in [0.15, 0.2) is 36.5 Å². The van der Waals surface area contributed by atoms with Crippen LogP contribution in [0.25, 0.3) is 6.08 Å². The number of nitro groups is 1. The molecule has 0 bridgehead atoms. The molecule has 0 fully saturated rings. The van der Waals surface area contributed by atoms with Crippen molar-refractivity contribution in [2.45, 2.75) is 0 Å². The molecule has 0 aliphatic carbocycles. The van der Waals surface area contributed by atoms with Crippen LogP contribution in [0, 0.1) is 21.4 Å². The summed E-state index contributed by atoms with van der Waals surface area (Å²) in [4.78, 5) is 26.0. The standard InChI is InChI=1S/C15H10N4O4/c16-7-9-1-2-10(18-8-9)3-6-13(20)11-4-5-12(17)14(15(11)21)19(22)23/h1-6,8,21H,17H2. The monoisotopic (exact) mass is 310 g/mol. The fraction of sp³-hybridized carbons (Fsp3) is 0. The van der Waals surface area contributed by atoms with Gasteiger partial charge in [-0.25, -0.2) is 0 Å². The molecule has 0 saturated heterocycles. The number of anilines is 1. The highest BCUT2D eigenvalue weighted by Crippen LogP contribution is 2.35. The van der Waals surface area contributed by atoms with Crippen LogP contribution in [-0.4, -0.2) is 20.8 Å². The van der Waals surface area contributed by atoms with Crippen molar-refractivity contribution in [3.63, 3.8) is 0 Å². The predicted octanol–water partition coefficient (Wildman–Crippen LogP) is 2.05. The Hall–Kier alpha value is -3.73. The summed E-state index contributed by atoms with van der Waals surface area (Å²) < 4.78 is 0. The summed E-state index contributed by atoms with van der Waals surface area (Å²) in [5.74, 6) is -1.42. The molecule has 0 aliphatic rings. The third kappa shape index (κ3) is 3.30. The molecule has 3 N–H and O–H groups in total. The molecule has 1 aromatic heterocycles. The van der Waals surface area contributed by atoms with E-state index in [2.05, 4.69) is 4.98 Å². The molecular formula is C15H10N4O4. The Morgan fingerprint density at radius 2 is 2.13 bits per heavy atom. The lowest BCUT2D eigenvalue weighted by atomic mass is 10.1. The van der Waals surface area contributed by atoms with E-state index in [0.29, 0.717) is 11.3 Å². The van der Waals surface area contributed by atoms with E-state index in [0.717, 1.165) is 6.08 Å². The van der Waals surface area contributed by atoms with Crippen LogP contribution in [0.4, 0.5) is 11.4 Å². The van der Waals surface area contributed by atoms with Crippen molar-refractivity contribution >= 4 is 23.2 Å². The first-order valence-corrected chi connectivity index (χ1v) is 6.28. The number of rotatable bonds is 4. The van der Waals surface area contributed by atoms with Gasteiger partial charge in [0.1, 0.15) is 11.8 Å². The average molecular weight is 310 g/mol. The summed E-state index contributed by atoms with van der Waals surface area (Å²) in [6, 6.07) is 7.36. The molecule has 0 spiro atoms. The highest BCUT2D eigenvalue weighted by Gasteiger charge is 2.23. The zero-order chi connectivity index (χ0) is 17.0. The zero-order valence-electron chi connectivity index (χ0n) is 11.6. The Morgan fingerprint density at radius 3 is 2.70 bits per heavy atom. The molecule has 23 heavy (non-hydrogen) atoms. The van der Waals surface area contributed by atoms with Gasteiger partial charge in [0.25, 0.3) is 0 Å². The molecule has 0 saturated carbocycles. The summed E-state index contributed by atoms with van der Waals surface area (Å²) >= 11 is 0. The molecule has 114 valence electrons. The Kier molecular flexibility index (Phi) is 4.33. The minimum atomic E-state index is -0.854. The first kappa shape index (κ1) is 15.7. The second kappa shape index (κ2) is 6.36. The predicted molar refractivity (Wildman–Crippen MR) is 81.5 cm³/mol. The van der Waals surface area contributed by atoms with Gasteiger partial charge in [-0.1, -0.05) is 0 Å². The van der Waals surface area contributed by atoms with Crippen molar-refractivity contribution in [1.82, 2.24) is 4.98 Å². The van der Waals surface area contributed by atoms with Gasteiger partial charge in [-0.2, -0.15) is 5.26 Å². The third-order valence-corrected chi connectivity index (χ3v) is 2.95. The summed E-state index contributed by atoms with van der Waals surface area (Å²) in [7, 11) is 0. The summed E-state index contributed by atoms with van der Waals surface area (Å²) in [5, 5.41) is 29.4. The molecule has 0 amide bonds. The molecule has 0 aliphatic heterocycles. The number of nitrogen functional groups attached to an aromatic ring is 1. The average Bonchev–Trinajstić information content (AvgIpc) is 2.53. The number of nitro benzene ring substituents is 1. The van der Waals surface area contributed by atoms with Crippen LogP contribution < -0.4 is 5.73 Å². The second-order valence-electron chi connectivity index (χ2n) is 4.44. The number of nitrogens with two attached hydrogens (primary N) is 1. The summed E-state index contributed by atoms with van der Waals surface area (Å²) in [6.45, 7) is 0. The van der Waals surface area contributed by atoms with Crippen LogP contribution in [0.2, 0.25) is 0 Å². The molecule has 0 unspecified atom stereocenters. The van der Waals surface area contributed by atoms with Crippen LogP contribution in [0.3, 0.4) is 0 Å². The van der Waals surface area contributed by atoms with Gasteiger partial charge in [0.15, 0.2) is 5.78 Å². The number of phenolic OH excluding ortho intramolecular Hbond substituents is 1. The lowest BCUT2D eigenvalue weighted by Crippen LogP contribution is -2.01. The van der Waals surface area contributed by atoms with Gasteiger partial charge in [0.2, 0.25) is 5.75 Å². The molecule has 0 atom stereocenters. The van der Waals surface area contributed by atoms with Crippen molar-refractivity contribution in [3.05, 3.63) is 63.5 Å². The van der Waals surface area contributed by atoms with E-state index in [-0.39, 0.29) is 11.3 Å². The number of hydrogen-bond donors (Lipinski definition) is 2. The largest absolute Gasteiger partial charge is 0.502 e. The van der Waals surface area contributed by atoms with Gasteiger partial charge in [-0.3, -0.25) is 19.9 Å². The Bertz CT molecular complexity index is 851. The van der Waals surface area contributed by atoms with E-state index in [9.17, 15) is 20.0 Å². The number of phenols is 1. The molecule has 8 nitrogen and oxygen atoms in total. The van der Waals surface area contributed by atoms with Crippen LogP contribution >= 0.6 is 0 Å². The number of benzene rings is 1. The van der Waals surface area contributed by atoms with E-state index in [1.165, 1.54) is 36.5 Å². The van der Waals surface area contributed by atoms with Gasteiger partial charge in [-0.05, 0) is 36.4 Å². The molecule has 2 aromatic rings. The minimum Gasteiger partial charge on any atom is -0.502 e. The molecule has 8 heteroatoms. The molecule has 1 heterocycles. The number of allylic oxidation sites excluding steroid dienone is 1. The zero-order valence-corrected chi connectivity index (χ0v) is 11.6. The number of carbonyl (C=O) groups excluding carboxylic acids is 1. The summed E-state index contributed by atoms with van der Waals surface area (Å²) in [6.07, 6.45) is 3.82. The quantitative estimate of drug-likeness (QED) is 0.289. The van der Waals surface area contributed by atoms with Gasteiger partial charge >= 0.3 is 5.69 Å². The van der Waals surface area contributed by atoms with Crippen LogP contribution in [-0.2, 0) is 0 Å². The third-order valence-electron chi connectivity index (χ3n) is 2.95. The van der Waals surface area contributed by atoms with Crippen LogP contribution in [0.5, 0.6) is 5.75 Å². The normalized spacial score (nSPS) is 10.4. The summed E-state index contributed by atoms with van der Waals surface area (Å²) in [5.41, 5.74) is 5.03. The van der Waals surface area contributed by atoms with Gasteiger partial charge < -0.3 is 10.8 Å². The molecule has 0 radical (unpaired) electrons. The van der Waals surface area contributed by atoms with E-state index in [1.54, 1.807) is 0 Å². The Labute approximate surface area is 130 Å². The van der Waals surface area contributed by atoms with E-state index >= 15 is 0 Å². The maximum Gasteiger partial charge on any atom is 0.334 e.